The molecule has 0 bridgehead atoms. The number of anilines is 1. The van der Waals surface area contributed by atoms with Gasteiger partial charge in [0.25, 0.3) is 0 Å². The molecule has 1 heterocycles. The van der Waals surface area contributed by atoms with Gasteiger partial charge in [0.15, 0.2) is 0 Å². The zero-order chi connectivity index (χ0) is 20.8. The highest BCUT2D eigenvalue weighted by Crippen LogP contribution is 2.33. The molecule has 1 fully saturated rings. The lowest BCUT2D eigenvalue weighted by atomic mass is 10.1. The molecular weight excluding hydrogens is 378 g/mol. The Morgan fingerprint density at radius 3 is 2.48 bits per heavy atom. The van der Waals surface area contributed by atoms with E-state index in [0.29, 0.717) is 12.4 Å². The summed E-state index contributed by atoms with van der Waals surface area (Å²) in [4.78, 5) is 24.2. The number of hydrogen-bond acceptors (Lipinski definition) is 7. The molecule has 1 saturated heterocycles. The van der Waals surface area contributed by atoms with Crippen molar-refractivity contribution in [2.24, 2.45) is 5.73 Å². The molecule has 0 radical (unpaired) electrons. The first-order chi connectivity index (χ1) is 14.0. The van der Waals surface area contributed by atoms with Gasteiger partial charge in [-0.25, -0.2) is 0 Å². The lowest BCUT2D eigenvalue weighted by Crippen LogP contribution is -2.37. The highest BCUT2D eigenvalue weighted by atomic mass is 16.6. The Balaban J connectivity index is 1.68. The number of piperidine rings is 1. The smallest absolute Gasteiger partial charge is 0.311 e. The maximum Gasteiger partial charge on any atom is 0.311 e. The number of carbonyl (C=O) groups excluding carboxylic acids is 1. The third kappa shape index (κ3) is 5.21. The Kier molecular flexibility index (Phi) is 6.63. The molecule has 2 aromatic rings. The second kappa shape index (κ2) is 9.35. The summed E-state index contributed by atoms with van der Waals surface area (Å²) >= 11 is 0. The van der Waals surface area contributed by atoms with Crippen LogP contribution >= 0.6 is 0 Å². The van der Waals surface area contributed by atoms with E-state index in [2.05, 4.69) is 4.90 Å². The fourth-order valence-electron chi connectivity index (χ4n) is 3.25. The number of aliphatic hydroxyl groups is 1. The lowest BCUT2D eigenvalue weighted by molar-refractivity contribution is -0.385. The van der Waals surface area contributed by atoms with Gasteiger partial charge in [0.05, 0.1) is 24.2 Å². The number of rotatable bonds is 8. The van der Waals surface area contributed by atoms with Gasteiger partial charge in [0, 0.05) is 36.5 Å². The first kappa shape index (κ1) is 20.6. The van der Waals surface area contributed by atoms with Gasteiger partial charge in [-0.3, -0.25) is 14.9 Å². The van der Waals surface area contributed by atoms with E-state index in [9.17, 15) is 14.9 Å². The molecule has 0 atom stereocenters. The predicted octanol–water partition coefficient (Wildman–Crippen LogP) is 2.46. The molecule has 1 aliphatic rings. The third-order valence-electron chi connectivity index (χ3n) is 4.76. The van der Waals surface area contributed by atoms with E-state index in [-0.39, 0.29) is 29.7 Å². The number of ether oxygens (including phenoxy) is 2. The monoisotopic (exact) mass is 401 g/mol. The van der Waals surface area contributed by atoms with Crippen molar-refractivity contribution >= 4 is 17.3 Å². The minimum atomic E-state index is -0.688. The van der Waals surface area contributed by atoms with E-state index in [1.807, 2.05) is 12.1 Å². The highest BCUT2D eigenvalue weighted by Gasteiger charge is 2.21. The van der Waals surface area contributed by atoms with Crippen LogP contribution < -0.4 is 15.4 Å². The number of carbonyl (C=O) groups is 1. The van der Waals surface area contributed by atoms with E-state index in [1.165, 1.54) is 18.2 Å². The summed E-state index contributed by atoms with van der Waals surface area (Å²) in [6.45, 7) is 2.06. The summed E-state index contributed by atoms with van der Waals surface area (Å²) in [5.74, 6) is -0.313. The second-order valence-corrected chi connectivity index (χ2v) is 6.68. The van der Waals surface area contributed by atoms with Crippen molar-refractivity contribution in [3.63, 3.8) is 0 Å². The van der Waals surface area contributed by atoms with Crippen LogP contribution in [0.2, 0.25) is 0 Å². The van der Waals surface area contributed by atoms with E-state index in [4.69, 9.17) is 20.3 Å². The van der Waals surface area contributed by atoms with Crippen LogP contribution in [0, 0.1) is 10.1 Å². The van der Waals surface area contributed by atoms with Crippen LogP contribution in [0.5, 0.6) is 11.5 Å². The molecule has 9 nitrogen and oxygen atoms in total. The number of nitrogens with two attached hydrogens (primary N) is 1. The van der Waals surface area contributed by atoms with Crippen molar-refractivity contribution < 1.29 is 24.3 Å². The Bertz CT molecular complexity index is 863. The lowest BCUT2D eigenvalue weighted by Gasteiger charge is -2.33. The largest absolute Gasteiger partial charge is 0.450 e. The Morgan fingerprint density at radius 1 is 1.21 bits per heavy atom. The fraction of sp³-hybridized carbons (Fsp3) is 0.350. The molecule has 0 aliphatic carbocycles. The van der Waals surface area contributed by atoms with Crippen molar-refractivity contribution in [1.82, 2.24) is 0 Å². The maximum atomic E-state index is 11.4. The standard InChI is InChI=1S/C20H23N3O6/c21-20(25)14-1-6-18(23(26)27)19(13-14)29-17-4-2-15(3-5-17)22-9-7-16(8-10-22)28-12-11-24/h1-6,13,16,24H,7-12H2,(H2,21,25). The van der Waals surface area contributed by atoms with Crippen LogP contribution in [0.4, 0.5) is 11.4 Å². The van der Waals surface area contributed by atoms with Crippen LogP contribution in [0.3, 0.4) is 0 Å². The Hall–Kier alpha value is -3.17. The van der Waals surface area contributed by atoms with Crippen molar-refractivity contribution in [1.29, 1.82) is 0 Å². The number of nitro benzene ring substituents is 1. The number of nitrogens with zero attached hydrogens (tertiary/aromatic N) is 2. The summed E-state index contributed by atoms with van der Waals surface area (Å²) in [6.07, 6.45) is 1.92. The van der Waals surface area contributed by atoms with E-state index < -0.39 is 10.8 Å². The molecule has 2 aromatic carbocycles. The van der Waals surface area contributed by atoms with Gasteiger partial charge >= 0.3 is 5.69 Å². The van der Waals surface area contributed by atoms with Crippen LogP contribution in [-0.2, 0) is 4.74 Å². The number of hydrogen-bond donors (Lipinski definition) is 2. The first-order valence-corrected chi connectivity index (χ1v) is 9.31. The second-order valence-electron chi connectivity index (χ2n) is 6.68. The minimum absolute atomic E-state index is 0.0299. The maximum absolute atomic E-state index is 11.4. The molecule has 3 N–H and O–H groups in total. The summed E-state index contributed by atoms with van der Waals surface area (Å²) in [5.41, 5.74) is 6.15. The number of primary amides is 1. The number of amides is 1. The Morgan fingerprint density at radius 2 is 1.90 bits per heavy atom. The Labute approximate surface area is 167 Å². The molecule has 0 aromatic heterocycles. The van der Waals surface area contributed by atoms with Gasteiger partial charge in [-0.2, -0.15) is 0 Å². The average molecular weight is 401 g/mol. The molecule has 0 unspecified atom stereocenters. The minimum Gasteiger partial charge on any atom is -0.450 e. The molecule has 1 aliphatic heterocycles. The number of aliphatic hydroxyl groups excluding tert-OH is 1. The van der Waals surface area contributed by atoms with Crippen LogP contribution in [0.25, 0.3) is 0 Å². The molecule has 154 valence electrons. The molecule has 9 heteroatoms. The molecule has 1 amide bonds. The zero-order valence-electron chi connectivity index (χ0n) is 15.8. The molecule has 29 heavy (non-hydrogen) atoms. The van der Waals surface area contributed by atoms with E-state index >= 15 is 0 Å². The van der Waals surface area contributed by atoms with Crippen molar-refractivity contribution in [3.8, 4) is 11.5 Å². The van der Waals surface area contributed by atoms with E-state index in [1.54, 1.807) is 12.1 Å². The van der Waals surface area contributed by atoms with Gasteiger partial charge < -0.3 is 25.2 Å². The summed E-state index contributed by atoms with van der Waals surface area (Å²) < 4.78 is 11.2. The van der Waals surface area contributed by atoms with E-state index in [0.717, 1.165) is 31.6 Å². The molecule has 0 saturated carbocycles. The van der Waals surface area contributed by atoms with Crippen LogP contribution in [-0.4, -0.2) is 48.3 Å². The average Bonchev–Trinajstić information content (AvgIpc) is 2.73. The van der Waals surface area contributed by atoms with Gasteiger partial charge in [-0.1, -0.05) is 0 Å². The van der Waals surface area contributed by atoms with Crippen LogP contribution in [0.1, 0.15) is 23.2 Å². The number of nitro groups is 1. The highest BCUT2D eigenvalue weighted by molar-refractivity contribution is 5.93. The topological polar surface area (TPSA) is 128 Å². The summed E-state index contributed by atoms with van der Waals surface area (Å²) in [7, 11) is 0. The quantitative estimate of drug-likeness (QED) is 0.513. The molecule has 0 spiro atoms. The molecule has 3 rings (SSSR count). The SMILES string of the molecule is NC(=O)c1ccc([N+](=O)[O-])c(Oc2ccc(N3CCC(OCCO)CC3)cc2)c1. The third-order valence-corrected chi connectivity index (χ3v) is 4.76. The van der Waals surface area contributed by atoms with Gasteiger partial charge in [0.2, 0.25) is 11.7 Å². The fourth-order valence-corrected chi connectivity index (χ4v) is 3.25. The van der Waals surface area contributed by atoms with Gasteiger partial charge in [0.1, 0.15) is 5.75 Å². The normalized spacial score (nSPS) is 14.6. The molecular formula is C20H23N3O6. The zero-order valence-corrected chi connectivity index (χ0v) is 15.8. The summed E-state index contributed by atoms with van der Waals surface area (Å²) in [6, 6.07) is 11.0. The predicted molar refractivity (Wildman–Crippen MR) is 106 cm³/mol. The van der Waals surface area contributed by atoms with Crippen molar-refractivity contribution in [2.75, 3.05) is 31.2 Å². The van der Waals surface area contributed by atoms with Crippen molar-refractivity contribution in [2.45, 2.75) is 18.9 Å². The van der Waals surface area contributed by atoms with Gasteiger partial charge in [-0.15, -0.1) is 0 Å². The number of benzene rings is 2. The first-order valence-electron chi connectivity index (χ1n) is 9.31. The summed E-state index contributed by atoms with van der Waals surface area (Å²) in [5, 5.41) is 20.1. The van der Waals surface area contributed by atoms with Gasteiger partial charge in [-0.05, 0) is 43.2 Å². The van der Waals surface area contributed by atoms with Crippen LogP contribution in [0.15, 0.2) is 42.5 Å². The van der Waals surface area contributed by atoms with Crippen molar-refractivity contribution in [3.05, 3.63) is 58.1 Å².